The SMILES string of the molecule is [Li][c]1ccccc1CCc1cccc[c]1[Li]. The van der Waals surface area contributed by atoms with E-state index in [-0.39, 0.29) is 0 Å². The van der Waals surface area contributed by atoms with Crippen LogP contribution < -0.4 is 8.47 Å². The van der Waals surface area contributed by atoms with Crippen LogP contribution in [0, 0.1) is 0 Å². The molecule has 70 valence electrons. The molecule has 2 aromatic carbocycles. The molecule has 0 fully saturated rings. The molecule has 0 aromatic heterocycles. The van der Waals surface area contributed by atoms with E-state index in [1.54, 1.807) is 0 Å². The van der Waals surface area contributed by atoms with E-state index >= 15 is 0 Å². The fourth-order valence-electron chi connectivity index (χ4n) is 2.05. The first kappa shape index (κ1) is 12.1. The second-order valence-corrected chi connectivity index (χ2v) is 4.35. The van der Waals surface area contributed by atoms with Gasteiger partial charge in [-0.1, -0.05) is 0 Å². The predicted octanol–water partition coefficient (Wildman–Crippen LogP) is 1.06. The van der Waals surface area contributed by atoms with Gasteiger partial charge in [0.15, 0.2) is 0 Å². The Balaban J connectivity index is 2.09. The molecule has 0 saturated heterocycles. The van der Waals surface area contributed by atoms with Crippen molar-refractivity contribution in [3.63, 3.8) is 0 Å². The van der Waals surface area contributed by atoms with Crippen molar-refractivity contribution in [3.05, 3.63) is 59.7 Å². The average Bonchev–Trinajstić information content (AvgIpc) is 2.30. The third-order valence-corrected chi connectivity index (χ3v) is 3.19. The summed E-state index contributed by atoms with van der Waals surface area (Å²) in [6, 6.07) is 17.3. The Kier molecular flexibility index (Phi) is 4.40. The van der Waals surface area contributed by atoms with Gasteiger partial charge in [-0.3, -0.25) is 0 Å². The fraction of sp³-hybridized carbons (Fsp3) is 0.143. The third kappa shape index (κ3) is 3.07. The molecule has 16 heavy (non-hydrogen) atoms. The Bertz CT molecular complexity index is 432. The Morgan fingerprint density at radius 3 is 1.38 bits per heavy atom. The molecule has 2 aromatic rings. The Morgan fingerprint density at radius 1 is 0.625 bits per heavy atom. The number of aryl methyl sites for hydroxylation is 2. The van der Waals surface area contributed by atoms with Crippen molar-refractivity contribution in [3.8, 4) is 0 Å². The van der Waals surface area contributed by atoms with Gasteiger partial charge in [0.2, 0.25) is 0 Å². The first-order valence-corrected chi connectivity index (χ1v) is 5.86. The van der Waals surface area contributed by atoms with Crippen LogP contribution in [-0.4, -0.2) is 35.4 Å². The van der Waals surface area contributed by atoms with Crippen LogP contribution in [0.2, 0.25) is 0 Å². The zero-order chi connectivity index (χ0) is 11.4. The molecule has 0 bridgehead atoms. The molecule has 2 heteroatoms. The summed E-state index contributed by atoms with van der Waals surface area (Å²) < 4.78 is 2.80. The van der Waals surface area contributed by atoms with Crippen LogP contribution in [0.25, 0.3) is 0 Å². The van der Waals surface area contributed by atoms with Gasteiger partial charge in [-0.05, 0) is 0 Å². The monoisotopic (exact) mass is 194 g/mol. The van der Waals surface area contributed by atoms with E-state index in [0.29, 0.717) is 0 Å². The van der Waals surface area contributed by atoms with Gasteiger partial charge in [0, 0.05) is 0 Å². The normalized spacial score (nSPS) is 10.5. The molecule has 0 aliphatic heterocycles. The third-order valence-electron chi connectivity index (χ3n) is 3.19. The van der Waals surface area contributed by atoms with E-state index in [1.165, 1.54) is 19.6 Å². The standard InChI is InChI=1S/C14H12.2Li/c1-3-7-13(8-4-1)11-12-14-9-5-2-6-10-14;;/h1-7,9H,11-12H2;;. The number of hydrogen-bond acceptors (Lipinski definition) is 0. The van der Waals surface area contributed by atoms with E-state index in [0.717, 1.165) is 12.8 Å². The van der Waals surface area contributed by atoms with Crippen LogP contribution in [0.15, 0.2) is 48.5 Å². The molecule has 0 aliphatic carbocycles. The van der Waals surface area contributed by atoms with Crippen LogP contribution >= 0.6 is 0 Å². The summed E-state index contributed by atoms with van der Waals surface area (Å²) in [4.78, 5) is 0. The zero-order valence-corrected chi connectivity index (χ0v) is 10.0. The molecule has 0 atom stereocenters. The first-order valence-electron chi connectivity index (χ1n) is 5.86. The van der Waals surface area contributed by atoms with E-state index in [2.05, 4.69) is 84.0 Å². The van der Waals surface area contributed by atoms with Crippen LogP contribution in [0.3, 0.4) is 0 Å². The van der Waals surface area contributed by atoms with Gasteiger partial charge in [0.1, 0.15) is 0 Å². The second-order valence-electron chi connectivity index (χ2n) is 4.35. The van der Waals surface area contributed by atoms with Crippen molar-refractivity contribution in [1.29, 1.82) is 0 Å². The molecular weight excluding hydrogens is 182 g/mol. The van der Waals surface area contributed by atoms with Gasteiger partial charge in [0.25, 0.3) is 0 Å². The van der Waals surface area contributed by atoms with Crippen LogP contribution in [0.4, 0.5) is 0 Å². The number of rotatable bonds is 3. The van der Waals surface area contributed by atoms with Gasteiger partial charge in [-0.15, -0.1) is 0 Å². The summed E-state index contributed by atoms with van der Waals surface area (Å²) in [7, 11) is 0. The van der Waals surface area contributed by atoms with Crippen molar-refractivity contribution >= 4 is 43.9 Å². The van der Waals surface area contributed by atoms with Gasteiger partial charge in [0.05, 0.1) is 0 Å². The quantitative estimate of drug-likeness (QED) is 0.641. The van der Waals surface area contributed by atoms with Crippen LogP contribution in [-0.2, 0) is 12.8 Å². The van der Waals surface area contributed by atoms with Crippen molar-refractivity contribution < 1.29 is 0 Å². The summed E-state index contributed by atoms with van der Waals surface area (Å²) in [6.45, 7) is 0. The van der Waals surface area contributed by atoms with Crippen LogP contribution in [0.5, 0.6) is 0 Å². The maximum absolute atomic E-state index is 2.23. The predicted molar refractivity (Wildman–Crippen MR) is 71.1 cm³/mol. The van der Waals surface area contributed by atoms with E-state index in [1.807, 2.05) is 0 Å². The summed E-state index contributed by atoms with van der Waals surface area (Å²) in [6.07, 6.45) is 2.27. The van der Waals surface area contributed by atoms with E-state index < -0.39 is 0 Å². The van der Waals surface area contributed by atoms with Crippen LogP contribution in [0.1, 0.15) is 11.1 Å². The van der Waals surface area contributed by atoms with Crippen molar-refractivity contribution in [2.75, 3.05) is 0 Å². The number of hydrogen-bond donors (Lipinski definition) is 0. The van der Waals surface area contributed by atoms with Gasteiger partial charge < -0.3 is 0 Å². The Hall–Kier alpha value is -0.365. The summed E-state index contributed by atoms with van der Waals surface area (Å²) >= 11 is 4.38. The molecule has 0 aliphatic rings. The molecule has 0 spiro atoms. The van der Waals surface area contributed by atoms with Gasteiger partial charge in [-0.2, -0.15) is 0 Å². The Morgan fingerprint density at radius 2 is 1.00 bits per heavy atom. The molecule has 0 unspecified atom stereocenters. The second kappa shape index (κ2) is 5.81. The van der Waals surface area contributed by atoms with Gasteiger partial charge >= 0.3 is 116 Å². The topological polar surface area (TPSA) is 0 Å². The Labute approximate surface area is 116 Å². The first-order chi connectivity index (χ1) is 7.77. The summed E-state index contributed by atoms with van der Waals surface area (Å²) in [5, 5.41) is 0. The molecular formula is C14H12Li2. The van der Waals surface area contributed by atoms with Crippen molar-refractivity contribution in [2.45, 2.75) is 12.8 Å². The molecule has 0 N–H and O–H groups in total. The summed E-state index contributed by atoms with van der Waals surface area (Å²) in [5.74, 6) is 0. The van der Waals surface area contributed by atoms with Crippen molar-refractivity contribution in [1.82, 2.24) is 0 Å². The fourth-order valence-corrected chi connectivity index (χ4v) is 2.05. The van der Waals surface area contributed by atoms with E-state index in [4.69, 9.17) is 0 Å². The average molecular weight is 194 g/mol. The molecule has 2 rings (SSSR count). The van der Waals surface area contributed by atoms with E-state index in [9.17, 15) is 0 Å². The minimum absolute atomic E-state index is 1.14. The maximum atomic E-state index is 2.23. The molecule has 0 radical (unpaired) electrons. The van der Waals surface area contributed by atoms with Crippen molar-refractivity contribution in [2.24, 2.45) is 0 Å². The molecule has 0 heterocycles. The summed E-state index contributed by atoms with van der Waals surface area (Å²) in [5.41, 5.74) is 2.93. The number of benzene rings is 2. The zero-order valence-electron chi connectivity index (χ0n) is 10.0. The van der Waals surface area contributed by atoms with Gasteiger partial charge in [-0.25, -0.2) is 0 Å². The molecule has 0 nitrogen and oxygen atoms in total. The molecule has 0 saturated carbocycles. The molecule has 0 amide bonds. The minimum atomic E-state index is 1.14.